The average Bonchev–Trinajstić information content (AvgIpc) is 2.52. The van der Waals surface area contributed by atoms with Crippen LogP contribution < -0.4 is 5.32 Å². The van der Waals surface area contributed by atoms with E-state index in [-0.39, 0.29) is 18.0 Å². The summed E-state index contributed by atoms with van der Waals surface area (Å²) in [5.41, 5.74) is -0.467. The SMILES string of the molecule is CC(C)(C)OC(=O)N1C[C@@H]2CCCC(=O)N[C@H]2C1. The minimum absolute atomic E-state index is 0.104. The van der Waals surface area contributed by atoms with E-state index in [0.717, 1.165) is 12.8 Å². The van der Waals surface area contributed by atoms with Gasteiger partial charge < -0.3 is 15.0 Å². The van der Waals surface area contributed by atoms with E-state index >= 15 is 0 Å². The van der Waals surface area contributed by atoms with Crippen molar-refractivity contribution in [3.8, 4) is 0 Å². The molecule has 0 bridgehead atoms. The topological polar surface area (TPSA) is 58.6 Å². The van der Waals surface area contributed by atoms with Crippen molar-refractivity contribution >= 4 is 12.0 Å². The summed E-state index contributed by atoms with van der Waals surface area (Å²) < 4.78 is 5.36. The molecule has 2 aliphatic rings. The molecule has 2 aliphatic heterocycles. The number of likely N-dealkylation sites (tertiary alicyclic amines) is 1. The number of hydrogen-bond acceptors (Lipinski definition) is 3. The maximum absolute atomic E-state index is 12.0. The monoisotopic (exact) mass is 254 g/mol. The molecule has 0 aromatic carbocycles. The van der Waals surface area contributed by atoms with E-state index in [1.807, 2.05) is 20.8 Å². The molecule has 0 saturated carbocycles. The Morgan fingerprint density at radius 1 is 1.39 bits per heavy atom. The van der Waals surface area contributed by atoms with E-state index in [4.69, 9.17) is 4.74 Å². The van der Waals surface area contributed by atoms with Crippen molar-refractivity contribution in [3.05, 3.63) is 0 Å². The van der Waals surface area contributed by atoms with Gasteiger partial charge in [-0.05, 0) is 39.5 Å². The third kappa shape index (κ3) is 3.15. The molecule has 2 fully saturated rings. The van der Waals surface area contributed by atoms with Crippen LogP contribution in [0.5, 0.6) is 0 Å². The fourth-order valence-corrected chi connectivity index (χ4v) is 2.61. The van der Waals surface area contributed by atoms with Crippen molar-refractivity contribution in [1.29, 1.82) is 0 Å². The first-order valence-electron chi connectivity index (χ1n) is 6.62. The molecule has 1 N–H and O–H groups in total. The lowest BCUT2D eigenvalue weighted by Crippen LogP contribution is -2.40. The van der Waals surface area contributed by atoms with E-state index in [9.17, 15) is 9.59 Å². The van der Waals surface area contributed by atoms with Crippen molar-refractivity contribution < 1.29 is 14.3 Å². The van der Waals surface area contributed by atoms with Crippen LogP contribution in [0.3, 0.4) is 0 Å². The summed E-state index contributed by atoms with van der Waals surface area (Å²) in [6.07, 6.45) is 2.25. The number of nitrogens with one attached hydrogen (secondary N) is 1. The van der Waals surface area contributed by atoms with Gasteiger partial charge in [-0.3, -0.25) is 4.79 Å². The first-order chi connectivity index (χ1) is 8.35. The molecule has 2 amide bonds. The Kier molecular flexibility index (Phi) is 3.50. The lowest BCUT2D eigenvalue weighted by molar-refractivity contribution is -0.121. The van der Waals surface area contributed by atoms with Gasteiger partial charge in [-0.2, -0.15) is 0 Å². The number of carbonyl (C=O) groups is 2. The van der Waals surface area contributed by atoms with Gasteiger partial charge >= 0.3 is 6.09 Å². The van der Waals surface area contributed by atoms with Gasteiger partial charge in [0.25, 0.3) is 0 Å². The molecule has 5 nitrogen and oxygen atoms in total. The van der Waals surface area contributed by atoms with Crippen LogP contribution in [0, 0.1) is 5.92 Å². The predicted octanol–water partition coefficient (Wildman–Crippen LogP) is 1.52. The smallest absolute Gasteiger partial charge is 0.410 e. The molecule has 5 heteroatoms. The lowest BCUT2D eigenvalue weighted by atomic mass is 9.99. The van der Waals surface area contributed by atoms with Crippen LogP contribution in [-0.4, -0.2) is 41.6 Å². The Morgan fingerprint density at radius 3 is 2.78 bits per heavy atom. The summed E-state index contributed by atoms with van der Waals surface area (Å²) in [6.45, 7) is 6.85. The van der Waals surface area contributed by atoms with Gasteiger partial charge in [0, 0.05) is 19.5 Å². The Labute approximate surface area is 108 Å². The van der Waals surface area contributed by atoms with E-state index in [1.54, 1.807) is 4.90 Å². The van der Waals surface area contributed by atoms with Gasteiger partial charge in [-0.25, -0.2) is 4.79 Å². The highest BCUT2D eigenvalue weighted by Gasteiger charge is 2.38. The van der Waals surface area contributed by atoms with Crippen molar-refractivity contribution in [2.75, 3.05) is 13.1 Å². The minimum atomic E-state index is -0.467. The number of hydrogen-bond donors (Lipinski definition) is 1. The number of carbonyl (C=O) groups excluding carboxylic acids is 2. The van der Waals surface area contributed by atoms with Crippen LogP contribution in [0.25, 0.3) is 0 Å². The minimum Gasteiger partial charge on any atom is -0.444 e. The van der Waals surface area contributed by atoms with Gasteiger partial charge in [0.2, 0.25) is 5.91 Å². The predicted molar refractivity (Wildman–Crippen MR) is 67.1 cm³/mol. The Bertz CT molecular complexity index is 349. The molecular weight excluding hydrogens is 232 g/mol. The Morgan fingerprint density at radius 2 is 2.11 bits per heavy atom. The van der Waals surface area contributed by atoms with Crippen molar-refractivity contribution in [2.24, 2.45) is 5.92 Å². The van der Waals surface area contributed by atoms with Crippen LogP contribution in [-0.2, 0) is 9.53 Å². The molecule has 0 spiro atoms. The summed E-state index contributed by atoms with van der Waals surface area (Å²) in [4.78, 5) is 25.2. The summed E-state index contributed by atoms with van der Waals surface area (Å²) in [5, 5.41) is 3.00. The molecule has 0 unspecified atom stereocenters. The maximum atomic E-state index is 12.0. The second-order valence-electron chi connectivity index (χ2n) is 6.21. The van der Waals surface area contributed by atoms with Crippen LogP contribution in [0.15, 0.2) is 0 Å². The number of amides is 2. The highest BCUT2D eigenvalue weighted by Crippen LogP contribution is 2.26. The fourth-order valence-electron chi connectivity index (χ4n) is 2.61. The Balaban J connectivity index is 1.95. The summed E-state index contributed by atoms with van der Waals surface area (Å²) in [6, 6.07) is 0.104. The molecule has 2 atom stereocenters. The van der Waals surface area contributed by atoms with Crippen molar-refractivity contribution in [3.63, 3.8) is 0 Å². The second kappa shape index (κ2) is 4.78. The van der Waals surface area contributed by atoms with Crippen molar-refractivity contribution in [1.82, 2.24) is 10.2 Å². The summed E-state index contributed by atoms with van der Waals surface area (Å²) >= 11 is 0. The van der Waals surface area contributed by atoms with Crippen LogP contribution in [0.4, 0.5) is 4.79 Å². The first-order valence-corrected chi connectivity index (χ1v) is 6.62. The Hall–Kier alpha value is -1.26. The van der Waals surface area contributed by atoms with E-state index in [0.29, 0.717) is 25.4 Å². The largest absolute Gasteiger partial charge is 0.444 e. The third-order valence-electron chi connectivity index (χ3n) is 3.42. The summed E-state index contributed by atoms with van der Waals surface area (Å²) in [7, 11) is 0. The number of rotatable bonds is 0. The molecule has 0 radical (unpaired) electrons. The number of fused-ring (bicyclic) bond motifs is 1. The molecule has 0 aliphatic carbocycles. The van der Waals surface area contributed by atoms with Crippen LogP contribution >= 0.6 is 0 Å². The quantitative estimate of drug-likeness (QED) is 0.713. The average molecular weight is 254 g/mol. The maximum Gasteiger partial charge on any atom is 0.410 e. The molecular formula is C13H22N2O3. The lowest BCUT2D eigenvalue weighted by Gasteiger charge is -2.24. The van der Waals surface area contributed by atoms with Gasteiger partial charge in [-0.1, -0.05) is 0 Å². The number of nitrogens with zero attached hydrogens (tertiary/aromatic N) is 1. The van der Waals surface area contributed by atoms with E-state index in [1.165, 1.54) is 0 Å². The van der Waals surface area contributed by atoms with Gasteiger partial charge in [0.1, 0.15) is 5.60 Å². The molecule has 18 heavy (non-hydrogen) atoms. The zero-order valence-corrected chi connectivity index (χ0v) is 11.4. The van der Waals surface area contributed by atoms with Crippen LogP contribution in [0.1, 0.15) is 40.0 Å². The second-order valence-corrected chi connectivity index (χ2v) is 6.21. The standard InChI is InChI=1S/C13H22N2O3/c1-13(2,3)18-12(17)15-7-9-5-4-6-11(16)14-10(9)8-15/h9-10H,4-8H2,1-3H3,(H,14,16)/t9-,10-/m0/s1. The van der Waals surface area contributed by atoms with Gasteiger partial charge in [-0.15, -0.1) is 0 Å². The van der Waals surface area contributed by atoms with Gasteiger partial charge in [0.15, 0.2) is 0 Å². The van der Waals surface area contributed by atoms with E-state index < -0.39 is 5.60 Å². The normalized spacial score (nSPS) is 28.4. The zero-order valence-electron chi connectivity index (χ0n) is 11.4. The van der Waals surface area contributed by atoms with E-state index in [2.05, 4.69) is 5.32 Å². The highest BCUT2D eigenvalue weighted by atomic mass is 16.6. The number of ether oxygens (including phenoxy) is 1. The molecule has 2 saturated heterocycles. The molecule has 2 rings (SSSR count). The molecule has 0 aromatic heterocycles. The fraction of sp³-hybridized carbons (Fsp3) is 0.846. The van der Waals surface area contributed by atoms with Crippen molar-refractivity contribution in [2.45, 2.75) is 51.7 Å². The van der Waals surface area contributed by atoms with Gasteiger partial charge in [0.05, 0.1) is 6.04 Å². The highest BCUT2D eigenvalue weighted by molar-refractivity contribution is 5.77. The third-order valence-corrected chi connectivity index (χ3v) is 3.42. The zero-order chi connectivity index (χ0) is 13.3. The summed E-state index contributed by atoms with van der Waals surface area (Å²) in [5.74, 6) is 0.484. The molecule has 0 aromatic rings. The first kappa shape index (κ1) is 13.2. The van der Waals surface area contributed by atoms with Crippen LogP contribution in [0.2, 0.25) is 0 Å². The molecule has 2 heterocycles. The molecule has 102 valence electrons.